The highest BCUT2D eigenvalue weighted by Crippen LogP contribution is 2.40. The zero-order valence-corrected chi connectivity index (χ0v) is 21.7. The largest absolute Gasteiger partial charge is 0.481 e. The molecule has 2 heterocycles. The molecule has 0 bridgehead atoms. The second-order valence-corrected chi connectivity index (χ2v) is 10.2. The number of hydrogen-bond acceptors (Lipinski definition) is 5. The first-order valence-corrected chi connectivity index (χ1v) is 13.1. The first-order valence-electron chi connectivity index (χ1n) is 13.1. The van der Waals surface area contributed by atoms with Crippen LogP contribution in [0.25, 0.3) is 11.0 Å². The number of anilines is 1. The highest BCUT2D eigenvalue weighted by molar-refractivity contribution is 5.95. The van der Waals surface area contributed by atoms with Gasteiger partial charge in [-0.2, -0.15) is 0 Å². The van der Waals surface area contributed by atoms with Crippen LogP contribution in [0.5, 0.6) is 0 Å². The minimum Gasteiger partial charge on any atom is -0.481 e. The van der Waals surface area contributed by atoms with Gasteiger partial charge < -0.3 is 19.1 Å². The number of benzene rings is 2. The number of methoxy groups -OCH3 is 2. The van der Waals surface area contributed by atoms with E-state index < -0.39 is 11.9 Å². The Morgan fingerprint density at radius 1 is 1.11 bits per heavy atom. The lowest BCUT2D eigenvalue weighted by Crippen LogP contribution is -2.42. The topological polar surface area (TPSA) is 93.9 Å². The molecule has 0 radical (unpaired) electrons. The van der Waals surface area contributed by atoms with Gasteiger partial charge in [0.25, 0.3) is 0 Å². The van der Waals surface area contributed by atoms with E-state index in [0.717, 1.165) is 72.2 Å². The van der Waals surface area contributed by atoms with Crippen LogP contribution in [-0.2, 0) is 27.1 Å². The first kappa shape index (κ1) is 25.3. The van der Waals surface area contributed by atoms with E-state index in [1.54, 1.807) is 12.0 Å². The van der Waals surface area contributed by atoms with Crippen LogP contribution in [0.4, 0.5) is 10.5 Å². The summed E-state index contributed by atoms with van der Waals surface area (Å²) in [4.78, 5) is 31.9. The third-order valence-corrected chi connectivity index (χ3v) is 8.08. The van der Waals surface area contributed by atoms with Gasteiger partial charge in [0.15, 0.2) is 0 Å². The minimum absolute atomic E-state index is 0.0224. The first-order chi connectivity index (χ1) is 17.9. The lowest BCUT2D eigenvalue weighted by atomic mass is 9.91. The summed E-state index contributed by atoms with van der Waals surface area (Å²) < 4.78 is 13.1. The fraction of sp³-hybridized carbons (Fsp3) is 0.483. The van der Waals surface area contributed by atoms with E-state index in [1.165, 1.54) is 7.11 Å². The number of carboxylic acid groups (broad SMARTS) is 1. The molecule has 0 spiro atoms. The quantitative estimate of drug-likeness (QED) is 0.476. The Morgan fingerprint density at radius 3 is 2.59 bits per heavy atom. The number of carbonyl (C=O) groups is 2. The maximum Gasteiger partial charge on any atom is 0.414 e. The van der Waals surface area contributed by atoms with E-state index in [9.17, 15) is 14.7 Å². The van der Waals surface area contributed by atoms with Crippen LogP contribution in [0.2, 0.25) is 0 Å². The standard InChI is InChI=1S/C29H35N3O5/c1-18-12-13-22-24(31(18)29(35)37-3)14-15-25-27(22)30-26(32(25)20-10-7-11-21(16-20)36-2)17-23(28(33)34)19-8-5-4-6-9-19/h4-6,8-9,14-15,18,20-21,23H,7,10-13,16-17H2,1-3H3,(H,33,34). The summed E-state index contributed by atoms with van der Waals surface area (Å²) in [6, 6.07) is 13.6. The zero-order chi connectivity index (χ0) is 26.1. The van der Waals surface area contributed by atoms with Crippen LogP contribution < -0.4 is 4.90 Å². The van der Waals surface area contributed by atoms with Crippen LogP contribution in [0.3, 0.4) is 0 Å². The molecule has 4 atom stereocenters. The van der Waals surface area contributed by atoms with Crippen LogP contribution in [0.1, 0.15) is 67.9 Å². The van der Waals surface area contributed by atoms with Crippen LogP contribution >= 0.6 is 0 Å². The van der Waals surface area contributed by atoms with E-state index in [2.05, 4.69) is 4.57 Å². The van der Waals surface area contributed by atoms with Gasteiger partial charge in [-0.25, -0.2) is 9.78 Å². The maximum absolute atomic E-state index is 12.6. The van der Waals surface area contributed by atoms with Crippen LogP contribution in [0, 0.1) is 0 Å². The summed E-state index contributed by atoms with van der Waals surface area (Å²) in [5.74, 6) is -0.804. The normalized spacial score (nSPS) is 22.5. The van der Waals surface area contributed by atoms with Crippen molar-refractivity contribution >= 4 is 28.8 Å². The molecule has 3 aromatic rings. The predicted molar refractivity (Wildman–Crippen MR) is 141 cm³/mol. The number of fused-ring (bicyclic) bond motifs is 3. The van der Waals surface area contributed by atoms with E-state index in [4.69, 9.17) is 14.5 Å². The highest BCUT2D eigenvalue weighted by Gasteiger charge is 2.34. The number of carboxylic acids is 1. The van der Waals surface area contributed by atoms with Gasteiger partial charge in [-0.3, -0.25) is 9.69 Å². The van der Waals surface area contributed by atoms with Gasteiger partial charge in [-0.05, 0) is 63.1 Å². The summed E-state index contributed by atoms with van der Waals surface area (Å²) in [5.41, 5.74) is 4.45. The summed E-state index contributed by atoms with van der Waals surface area (Å²) in [6.07, 6.45) is 5.60. The van der Waals surface area contributed by atoms with Gasteiger partial charge >= 0.3 is 12.1 Å². The highest BCUT2D eigenvalue weighted by atomic mass is 16.5. The maximum atomic E-state index is 12.6. The molecule has 4 unspecified atom stereocenters. The van der Waals surface area contributed by atoms with Crippen molar-refractivity contribution in [2.45, 2.75) is 76.0 Å². The van der Waals surface area contributed by atoms with Crippen molar-refractivity contribution in [1.82, 2.24) is 9.55 Å². The molecule has 1 aliphatic heterocycles. The Balaban J connectivity index is 1.66. The lowest BCUT2D eigenvalue weighted by Gasteiger charge is -2.34. The number of amides is 1. The fourth-order valence-corrected chi connectivity index (χ4v) is 6.16. The molecule has 5 rings (SSSR count). The SMILES string of the molecule is COC(=O)N1c2ccc3c(nc(CC(C(=O)O)c4ccccc4)n3C3CCCC(OC)C3)c2CCC1C. The number of imidazole rings is 1. The molecule has 1 saturated carbocycles. The Hall–Kier alpha value is -3.39. The summed E-state index contributed by atoms with van der Waals surface area (Å²) in [5, 5.41) is 10.2. The summed E-state index contributed by atoms with van der Waals surface area (Å²) in [7, 11) is 3.16. The minimum atomic E-state index is -0.865. The van der Waals surface area contributed by atoms with E-state index in [-0.39, 0.29) is 30.7 Å². The smallest absolute Gasteiger partial charge is 0.414 e. The predicted octanol–water partition coefficient (Wildman–Crippen LogP) is 5.48. The number of ether oxygens (including phenoxy) is 2. The third kappa shape index (κ3) is 4.70. The van der Waals surface area contributed by atoms with E-state index in [0.29, 0.717) is 0 Å². The van der Waals surface area contributed by atoms with Gasteiger partial charge in [0.1, 0.15) is 5.82 Å². The van der Waals surface area contributed by atoms with Crippen LogP contribution in [-0.4, -0.2) is 53.1 Å². The number of carbonyl (C=O) groups excluding carboxylic acids is 1. The fourth-order valence-electron chi connectivity index (χ4n) is 6.16. The Kier molecular flexibility index (Phi) is 7.20. The number of aryl methyl sites for hydroxylation is 1. The number of aromatic nitrogens is 2. The van der Waals surface area contributed by atoms with Crippen molar-refractivity contribution in [2.24, 2.45) is 0 Å². The number of aliphatic carboxylic acids is 1. The molecule has 196 valence electrons. The van der Waals surface area contributed by atoms with Gasteiger partial charge in [0.2, 0.25) is 0 Å². The molecular weight excluding hydrogens is 470 g/mol. The van der Waals surface area contributed by atoms with Crippen molar-refractivity contribution in [2.75, 3.05) is 19.1 Å². The molecule has 2 aromatic carbocycles. The Morgan fingerprint density at radius 2 is 1.89 bits per heavy atom. The molecule has 2 aliphatic rings. The lowest BCUT2D eigenvalue weighted by molar-refractivity contribution is -0.138. The third-order valence-electron chi connectivity index (χ3n) is 8.08. The number of rotatable bonds is 6. The van der Waals surface area contributed by atoms with Crippen molar-refractivity contribution in [3.8, 4) is 0 Å². The summed E-state index contributed by atoms with van der Waals surface area (Å²) >= 11 is 0. The van der Waals surface area contributed by atoms with Crippen LogP contribution in [0.15, 0.2) is 42.5 Å². The number of hydrogen-bond donors (Lipinski definition) is 1. The van der Waals surface area contributed by atoms with Gasteiger partial charge in [0.05, 0.1) is 35.9 Å². The van der Waals surface area contributed by atoms with E-state index in [1.807, 2.05) is 49.4 Å². The van der Waals surface area contributed by atoms with Gasteiger partial charge in [-0.15, -0.1) is 0 Å². The number of nitrogens with zero attached hydrogens (tertiary/aromatic N) is 3. The average molecular weight is 506 g/mol. The molecule has 8 nitrogen and oxygen atoms in total. The zero-order valence-electron chi connectivity index (χ0n) is 21.7. The second-order valence-electron chi connectivity index (χ2n) is 10.2. The average Bonchev–Trinajstić information content (AvgIpc) is 3.30. The molecule has 37 heavy (non-hydrogen) atoms. The second kappa shape index (κ2) is 10.5. The Labute approximate surface area is 217 Å². The van der Waals surface area contributed by atoms with Crippen molar-refractivity contribution in [3.63, 3.8) is 0 Å². The van der Waals surface area contributed by atoms with Gasteiger partial charge in [0, 0.05) is 31.2 Å². The van der Waals surface area contributed by atoms with Crippen molar-refractivity contribution in [3.05, 3.63) is 59.4 Å². The molecule has 1 N–H and O–H groups in total. The molecular formula is C29H35N3O5. The monoisotopic (exact) mass is 505 g/mol. The molecule has 1 amide bonds. The molecule has 1 aliphatic carbocycles. The van der Waals surface area contributed by atoms with Crippen molar-refractivity contribution < 1.29 is 24.2 Å². The van der Waals surface area contributed by atoms with Gasteiger partial charge in [-0.1, -0.05) is 30.3 Å². The molecule has 1 fully saturated rings. The molecule has 8 heteroatoms. The van der Waals surface area contributed by atoms with E-state index >= 15 is 0 Å². The molecule has 1 aromatic heterocycles. The molecule has 0 saturated heterocycles. The summed E-state index contributed by atoms with van der Waals surface area (Å²) in [6.45, 7) is 2.03. The Bertz CT molecular complexity index is 1290. The van der Waals surface area contributed by atoms with Crippen molar-refractivity contribution in [1.29, 1.82) is 0 Å².